The number of ether oxygens (including phenoxy) is 1. The number of hydrogen-bond donors (Lipinski definition) is 1. The minimum atomic E-state index is -0.307. The van der Waals surface area contributed by atoms with Gasteiger partial charge in [-0.1, -0.05) is 6.92 Å². The molecular formula is C15H28N2O3. The first-order valence-electron chi connectivity index (χ1n) is 7.52. The van der Waals surface area contributed by atoms with Crippen LogP contribution in [0.5, 0.6) is 0 Å². The van der Waals surface area contributed by atoms with Gasteiger partial charge in [-0.15, -0.1) is 0 Å². The van der Waals surface area contributed by atoms with E-state index in [2.05, 4.69) is 17.0 Å². The second kappa shape index (κ2) is 8.25. The molecule has 0 unspecified atom stereocenters. The fraction of sp³-hybridized carbons (Fsp3) is 0.867. The van der Waals surface area contributed by atoms with Crippen LogP contribution in [0.2, 0.25) is 0 Å². The summed E-state index contributed by atoms with van der Waals surface area (Å²) in [6.07, 6.45) is 4.49. The summed E-state index contributed by atoms with van der Waals surface area (Å²) in [4.78, 5) is 25.2. The summed E-state index contributed by atoms with van der Waals surface area (Å²) >= 11 is 0. The Morgan fingerprint density at radius 1 is 1.20 bits per heavy atom. The molecule has 116 valence electrons. The lowest BCUT2D eigenvalue weighted by molar-refractivity contribution is -0.142. The van der Waals surface area contributed by atoms with Crippen LogP contribution in [-0.4, -0.2) is 49.1 Å². The molecule has 0 heterocycles. The largest absolute Gasteiger partial charge is 0.468 e. The first-order valence-corrected chi connectivity index (χ1v) is 7.52. The van der Waals surface area contributed by atoms with E-state index in [0.29, 0.717) is 6.04 Å². The summed E-state index contributed by atoms with van der Waals surface area (Å²) in [6.45, 7) is 6.61. The highest BCUT2D eigenvalue weighted by atomic mass is 16.5. The van der Waals surface area contributed by atoms with E-state index in [1.807, 2.05) is 18.7 Å². The lowest BCUT2D eigenvalue weighted by Gasteiger charge is -2.29. The van der Waals surface area contributed by atoms with Gasteiger partial charge in [-0.2, -0.15) is 0 Å². The first kappa shape index (κ1) is 17.0. The number of hydrogen-bond acceptors (Lipinski definition) is 4. The van der Waals surface area contributed by atoms with Gasteiger partial charge in [0.15, 0.2) is 0 Å². The third-order valence-corrected chi connectivity index (χ3v) is 4.02. The SMILES string of the molecule is COC(=O)CN(CC(=O)NC1CCC(C)CC1)C(C)C. The van der Waals surface area contributed by atoms with Gasteiger partial charge in [0.1, 0.15) is 0 Å². The molecule has 1 aliphatic carbocycles. The topological polar surface area (TPSA) is 58.6 Å². The summed E-state index contributed by atoms with van der Waals surface area (Å²) in [7, 11) is 1.37. The van der Waals surface area contributed by atoms with Crippen molar-refractivity contribution in [3.05, 3.63) is 0 Å². The summed E-state index contributed by atoms with van der Waals surface area (Å²) < 4.78 is 4.66. The maximum absolute atomic E-state index is 12.1. The molecule has 0 aromatic carbocycles. The molecule has 0 spiro atoms. The molecule has 1 fully saturated rings. The highest BCUT2D eigenvalue weighted by Gasteiger charge is 2.22. The van der Waals surface area contributed by atoms with Gasteiger partial charge in [0.05, 0.1) is 20.2 Å². The van der Waals surface area contributed by atoms with Crippen molar-refractivity contribution in [3.8, 4) is 0 Å². The van der Waals surface area contributed by atoms with Crippen LogP contribution in [-0.2, 0) is 14.3 Å². The Labute approximate surface area is 122 Å². The van der Waals surface area contributed by atoms with E-state index >= 15 is 0 Å². The van der Waals surface area contributed by atoms with Crippen LogP contribution in [0.1, 0.15) is 46.5 Å². The third-order valence-electron chi connectivity index (χ3n) is 4.02. The van der Waals surface area contributed by atoms with Crippen molar-refractivity contribution >= 4 is 11.9 Å². The Balaban J connectivity index is 2.39. The smallest absolute Gasteiger partial charge is 0.319 e. The van der Waals surface area contributed by atoms with E-state index in [0.717, 1.165) is 18.8 Å². The van der Waals surface area contributed by atoms with Crippen LogP contribution in [0.15, 0.2) is 0 Å². The quantitative estimate of drug-likeness (QED) is 0.752. The second-order valence-electron chi connectivity index (χ2n) is 6.10. The van der Waals surface area contributed by atoms with Crippen LogP contribution in [0.3, 0.4) is 0 Å². The number of carbonyl (C=O) groups is 2. The van der Waals surface area contributed by atoms with Crippen molar-refractivity contribution in [2.24, 2.45) is 5.92 Å². The van der Waals surface area contributed by atoms with Gasteiger partial charge in [0.2, 0.25) is 5.91 Å². The van der Waals surface area contributed by atoms with Crippen LogP contribution in [0.25, 0.3) is 0 Å². The molecule has 0 aromatic heterocycles. The summed E-state index contributed by atoms with van der Waals surface area (Å²) in [5.41, 5.74) is 0. The van der Waals surface area contributed by atoms with Crippen molar-refractivity contribution < 1.29 is 14.3 Å². The van der Waals surface area contributed by atoms with Gasteiger partial charge in [-0.3, -0.25) is 14.5 Å². The maximum Gasteiger partial charge on any atom is 0.319 e. The Kier molecular flexibility index (Phi) is 6.99. The molecule has 0 bridgehead atoms. The average molecular weight is 284 g/mol. The van der Waals surface area contributed by atoms with Crippen molar-refractivity contribution in [1.82, 2.24) is 10.2 Å². The third kappa shape index (κ3) is 5.90. The van der Waals surface area contributed by atoms with Gasteiger partial charge in [-0.25, -0.2) is 0 Å². The summed E-state index contributed by atoms with van der Waals surface area (Å²) in [5, 5.41) is 3.08. The molecule has 1 N–H and O–H groups in total. The number of amides is 1. The van der Waals surface area contributed by atoms with Crippen molar-refractivity contribution in [1.29, 1.82) is 0 Å². The molecule has 20 heavy (non-hydrogen) atoms. The molecule has 0 saturated heterocycles. The zero-order valence-electron chi connectivity index (χ0n) is 13.1. The van der Waals surface area contributed by atoms with E-state index in [1.54, 1.807) is 0 Å². The standard InChI is InChI=1S/C15H28N2O3/c1-11(2)17(10-15(19)20-4)9-14(18)16-13-7-5-12(3)6-8-13/h11-13H,5-10H2,1-4H3,(H,16,18). The molecule has 1 saturated carbocycles. The predicted molar refractivity (Wildman–Crippen MR) is 78.3 cm³/mol. The zero-order valence-corrected chi connectivity index (χ0v) is 13.1. The molecule has 0 radical (unpaired) electrons. The summed E-state index contributed by atoms with van der Waals surface area (Å²) in [6, 6.07) is 0.428. The molecule has 5 heteroatoms. The van der Waals surface area contributed by atoms with Crippen LogP contribution >= 0.6 is 0 Å². The van der Waals surface area contributed by atoms with E-state index in [-0.39, 0.29) is 31.0 Å². The maximum atomic E-state index is 12.1. The van der Waals surface area contributed by atoms with Crippen LogP contribution < -0.4 is 5.32 Å². The number of esters is 1. The van der Waals surface area contributed by atoms with Crippen molar-refractivity contribution in [2.75, 3.05) is 20.2 Å². The fourth-order valence-corrected chi connectivity index (χ4v) is 2.51. The van der Waals surface area contributed by atoms with Gasteiger partial charge >= 0.3 is 5.97 Å². The van der Waals surface area contributed by atoms with E-state index in [9.17, 15) is 9.59 Å². The van der Waals surface area contributed by atoms with Crippen LogP contribution in [0.4, 0.5) is 0 Å². The lowest BCUT2D eigenvalue weighted by Crippen LogP contribution is -2.46. The van der Waals surface area contributed by atoms with Gasteiger partial charge in [-0.05, 0) is 45.4 Å². The molecule has 1 amide bonds. The number of carbonyl (C=O) groups excluding carboxylic acids is 2. The van der Waals surface area contributed by atoms with Crippen molar-refractivity contribution in [3.63, 3.8) is 0 Å². The molecule has 0 aliphatic heterocycles. The first-order chi connectivity index (χ1) is 9.42. The minimum Gasteiger partial charge on any atom is -0.468 e. The average Bonchev–Trinajstić information content (AvgIpc) is 2.40. The molecular weight excluding hydrogens is 256 g/mol. The van der Waals surface area contributed by atoms with Gasteiger partial charge < -0.3 is 10.1 Å². The summed E-state index contributed by atoms with van der Waals surface area (Å²) in [5.74, 6) is 0.467. The Morgan fingerprint density at radius 3 is 2.30 bits per heavy atom. The van der Waals surface area contributed by atoms with Gasteiger partial charge in [0, 0.05) is 12.1 Å². The van der Waals surface area contributed by atoms with Crippen molar-refractivity contribution in [2.45, 2.75) is 58.5 Å². The predicted octanol–water partition coefficient (Wildman–Crippen LogP) is 1.56. The van der Waals surface area contributed by atoms with E-state index < -0.39 is 0 Å². The van der Waals surface area contributed by atoms with E-state index in [4.69, 9.17) is 0 Å². The number of nitrogens with one attached hydrogen (secondary N) is 1. The van der Waals surface area contributed by atoms with E-state index in [1.165, 1.54) is 20.0 Å². The molecule has 0 atom stereocenters. The van der Waals surface area contributed by atoms with Crippen LogP contribution in [0, 0.1) is 5.92 Å². The molecule has 1 rings (SSSR count). The highest BCUT2D eigenvalue weighted by Crippen LogP contribution is 2.23. The molecule has 0 aromatic rings. The molecule has 5 nitrogen and oxygen atoms in total. The molecule has 1 aliphatic rings. The van der Waals surface area contributed by atoms with Gasteiger partial charge in [0.25, 0.3) is 0 Å². The Morgan fingerprint density at radius 2 is 1.80 bits per heavy atom. The fourth-order valence-electron chi connectivity index (χ4n) is 2.51. The minimum absolute atomic E-state index is 0.00200. The normalized spacial score (nSPS) is 22.9. The second-order valence-corrected chi connectivity index (χ2v) is 6.10. The Hall–Kier alpha value is -1.10. The zero-order chi connectivity index (χ0) is 15.1. The lowest BCUT2D eigenvalue weighted by atomic mass is 9.87. The number of methoxy groups -OCH3 is 1. The Bertz CT molecular complexity index is 323. The number of nitrogens with zero attached hydrogens (tertiary/aromatic N) is 1. The monoisotopic (exact) mass is 284 g/mol. The highest BCUT2D eigenvalue weighted by molar-refractivity contribution is 5.79. The number of rotatable bonds is 6.